The molecule has 0 aromatic carbocycles. The molecule has 0 aromatic rings. The van der Waals surface area contributed by atoms with E-state index in [1.165, 1.54) is 83.5 Å². The number of ether oxygens (including phenoxy) is 3. The van der Waals surface area contributed by atoms with Crippen molar-refractivity contribution < 1.29 is 28.6 Å². The molecule has 44 heavy (non-hydrogen) atoms. The first-order chi connectivity index (χ1) is 21.3. The van der Waals surface area contributed by atoms with Crippen LogP contribution in [0.15, 0.2) is 0 Å². The molecule has 6 heteroatoms. The zero-order valence-corrected chi connectivity index (χ0v) is 29.8. The second-order valence-corrected chi connectivity index (χ2v) is 13.6. The molecule has 0 saturated heterocycles. The second kappa shape index (κ2) is 31.4. The lowest BCUT2D eigenvalue weighted by Crippen LogP contribution is -2.30. The Bertz CT molecular complexity index is 676. The van der Waals surface area contributed by atoms with Gasteiger partial charge in [-0.3, -0.25) is 14.4 Å². The van der Waals surface area contributed by atoms with Crippen LogP contribution in [0.4, 0.5) is 0 Å². The molecule has 0 aliphatic carbocycles. The van der Waals surface area contributed by atoms with Crippen molar-refractivity contribution in [3.63, 3.8) is 0 Å². The summed E-state index contributed by atoms with van der Waals surface area (Å²) in [6, 6.07) is 0. The minimum Gasteiger partial charge on any atom is -0.462 e. The summed E-state index contributed by atoms with van der Waals surface area (Å²) in [5.74, 6) is 0.691. The Kier molecular flexibility index (Phi) is 30.3. The Morgan fingerprint density at radius 2 is 0.864 bits per heavy atom. The van der Waals surface area contributed by atoms with Gasteiger partial charge in [-0.05, 0) is 31.1 Å². The summed E-state index contributed by atoms with van der Waals surface area (Å²) in [5, 5.41) is 0. The average Bonchev–Trinajstić information content (AvgIpc) is 3.00. The highest BCUT2D eigenvalue weighted by atomic mass is 16.6. The van der Waals surface area contributed by atoms with Gasteiger partial charge in [0.2, 0.25) is 0 Å². The van der Waals surface area contributed by atoms with E-state index in [2.05, 4.69) is 34.6 Å². The van der Waals surface area contributed by atoms with Gasteiger partial charge in [0.25, 0.3) is 0 Å². The van der Waals surface area contributed by atoms with Crippen LogP contribution in [-0.2, 0) is 28.6 Å². The molecule has 2 atom stereocenters. The van der Waals surface area contributed by atoms with E-state index in [0.29, 0.717) is 19.3 Å². The van der Waals surface area contributed by atoms with Crippen molar-refractivity contribution in [2.24, 2.45) is 11.8 Å². The van der Waals surface area contributed by atoms with Crippen molar-refractivity contribution in [3.05, 3.63) is 0 Å². The van der Waals surface area contributed by atoms with Crippen molar-refractivity contribution >= 4 is 17.9 Å². The first-order valence-electron chi connectivity index (χ1n) is 18.8. The largest absolute Gasteiger partial charge is 0.462 e. The normalized spacial score (nSPS) is 12.7. The number of hydrogen-bond donors (Lipinski definition) is 0. The summed E-state index contributed by atoms with van der Waals surface area (Å²) in [5.41, 5.74) is 0. The van der Waals surface area contributed by atoms with Gasteiger partial charge < -0.3 is 14.2 Å². The highest BCUT2D eigenvalue weighted by Crippen LogP contribution is 2.16. The number of carbonyl (C=O) groups is 3. The van der Waals surface area contributed by atoms with E-state index in [9.17, 15) is 14.4 Å². The van der Waals surface area contributed by atoms with Crippen molar-refractivity contribution in [3.8, 4) is 0 Å². The maximum absolute atomic E-state index is 12.6. The molecule has 0 amide bonds. The molecule has 0 fully saturated rings. The fourth-order valence-electron chi connectivity index (χ4n) is 5.31. The molecule has 0 heterocycles. The predicted octanol–water partition coefficient (Wildman–Crippen LogP) is 11.1. The molecule has 6 nitrogen and oxygen atoms in total. The molecule has 1 unspecified atom stereocenters. The van der Waals surface area contributed by atoms with Gasteiger partial charge in [-0.2, -0.15) is 0 Å². The van der Waals surface area contributed by atoms with Crippen LogP contribution in [0.2, 0.25) is 0 Å². The van der Waals surface area contributed by atoms with E-state index < -0.39 is 6.10 Å². The molecular formula is C38H72O6. The number of rotatable bonds is 32. The van der Waals surface area contributed by atoms with E-state index in [-0.39, 0.29) is 31.1 Å². The quantitative estimate of drug-likeness (QED) is 0.0421. The van der Waals surface area contributed by atoms with E-state index in [1.54, 1.807) is 0 Å². The predicted molar refractivity (Wildman–Crippen MR) is 183 cm³/mol. The minimum absolute atomic E-state index is 0.0685. The van der Waals surface area contributed by atoms with Gasteiger partial charge in [-0.1, -0.05) is 157 Å². The van der Waals surface area contributed by atoms with Crippen LogP contribution in [-0.4, -0.2) is 37.2 Å². The van der Waals surface area contributed by atoms with Gasteiger partial charge in [0, 0.05) is 19.3 Å². The van der Waals surface area contributed by atoms with Crippen LogP contribution in [0, 0.1) is 11.8 Å². The Morgan fingerprint density at radius 1 is 0.477 bits per heavy atom. The molecule has 0 saturated carbocycles. The molecule has 0 radical (unpaired) electrons. The maximum Gasteiger partial charge on any atom is 0.306 e. The third-order valence-corrected chi connectivity index (χ3v) is 8.58. The number of hydrogen-bond acceptors (Lipinski definition) is 6. The number of carbonyl (C=O) groups excluding carboxylic acids is 3. The Balaban J connectivity index is 4.38. The van der Waals surface area contributed by atoms with Crippen LogP contribution in [0.25, 0.3) is 0 Å². The second-order valence-electron chi connectivity index (χ2n) is 13.6. The highest BCUT2D eigenvalue weighted by Gasteiger charge is 2.19. The van der Waals surface area contributed by atoms with E-state index in [0.717, 1.165) is 69.6 Å². The summed E-state index contributed by atoms with van der Waals surface area (Å²) < 4.78 is 16.5. The average molecular weight is 625 g/mol. The molecule has 260 valence electrons. The van der Waals surface area contributed by atoms with E-state index in [1.807, 2.05) is 0 Å². The van der Waals surface area contributed by atoms with Crippen LogP contribution in [0.5, 0.6) is 0 Å². The van der Waals surface area contributed by atoms with Crippen molar-refractivity contribution in [2.45, 2.75) is 201 Å². The molecule has 0 aromatic heterocycles. The van der Waals surface area contributed by atoms with Gasteiger partial charge in [-0.15, -0.1) is 0 Å². The first-order valence-corrected chi connectivity index (χ1v) is 18.8. The fraction of sp³-hybridized carbons (Fsp3) is 0.921. The lowest BCUT2D eigenvalue weighted by molar-refractivity contribution is -0.167. The topological polar surface area (TPSA) is 78.9 Å². The van der Waals surface area contributed by atoms with Crippen molar-refractivity contribution in [2.75, 3.05) is 13.2 Å². The van der Waals surface area contributed by atoms with Crippen LogP contribution in [0.3, 0.4) is 0 Å². The summed E-state index contributed by atoms with van der Waals surface area (Å²) >= 11 is 0. The molecule has 0 rings (SSSR count). The van der Waals surface area contributed by atoms with Gasteiger partial charge in [-0.25, -0.2) is 0 Å². The maximum atomic E-state index is 12.6. The lowest BCUT2D eigenvalue weighted by Gasteiger charge is -2.18. The molecule has 0 bridgehead atoms. The Labute approximate surface area is 272 Å². The standard InChI is InChI=1S/C38H72O6/c1-6-8-9-10-11-18-23-28-36(39)42-31-35(32-43-37(40)29-24-19-14-12-16-21-26-33(3)4)44-38(41)30-25-20-15-13-17-22-27-34(5)7-2/h33-35H,6-32H2,1-5H3/t34?,35-/m0/s1. The molecule has 0 spiro atoms. The van der Waals surface area contributed by atoms with Gasteiger partial charge in [0.05, 0.1) is 0 Å². The third-order valence-electron chi connectivity index (χ3n) is 8.58. The molecule has 0 aliphatic heterocycles. The zero-order chi connectivity index (χ0) is 32.7. The smallest absolute Gasteiger partial charge is 0.306 e. The summed E-state index contributed by atoms with van der Waals surface area (Å²) in [7, 11) is 0. The minimum atomic E-state index is -0.758. The number of unbranched alkanes of at least 4 members (excludes halogenated alkanes) is 16. The Morgan fingerprint density at radius 3 is 1.30 bits per heavy atom. The number of esters is 3. The zero-order valence-electron chi connectivity index (χ0n) is 29.8. The first kappa shape index (κ1) is 42.4. The SMILES string of the molecule is CCCCCCCCCC(=O)OC[C@@H](COC(=O)CCCCCCCCC(C)C)OC(=O)CCCCCCCCC(C)CC. The molecular weight excluding hydrogens is 552 g/mol. The molecule has 0 aliphatic rings. The van der Waals surface area contributed by atoms with Crippen LogP contribution in [0.1, 0.15) is 195 Å². The summed E-state index contributed by atoms with van der Waals surface area (Å²) in [6.07, 6.45) is 25.4. The van der Waals surface area contributed by atoms with E-state index >= 15 is 0 Å². The van der Waals surface area contributed by atoms with Crippen LogP contribution >= 0.6 is 0 Å². The fourth-order valence-corrected chi connectivity index (χ4v) is 5.31. The van der Waals surface area contributed by atoms with E-state index in [4.69, 9.17) is 14.2 Å². The molecule has 0 N–H and O–H groups in total. The van der Waals surface area contributed by atoms with Crippen molar-refractivity contribution in [1.82, 2.24) is 0 Å². The van der Waals surface area contributed by atoms with Gasteiger partial charge in [0.1, 0.15) is 13.2 Å². The van der Waals surface area contributed by atoms with Gasteiger partial charge >= 0.3 is 17.9 Å². The third kappa shape index (κ3) is 30.4. The summed E-state index contributed by atoms with van der Waals surface area (Å²) in [6.45, 7) is 11.2. The van der Waals surface area contributed by atoms with Crippen LogP contribution < -0.4 is 0 Å². The highest BCUT2D eigenvalue weighted by molar-refractivity contribution is 5.71. The van der Waals surface area contributed by atoms with Gasteiger partial charge in [0.15, 0.2) is 6.10 Å². The lowest BCUT2D eigenvalue weighted by atomic mass is 10.00. The Hall–Kier alpha value is -1.59. The monoisotopic (exact) mass is 625 g/mol. The van der Waals surface area contributed by atoms with Crippen molar-refractivity contribution in [1.29, 1.82) is 0 Å². The summed E-state index contributed by atoms with van der Waals surface area (Å²) in [4.78, 5) is 37.2.